The molecular weight excluding hydrogens is 383 g/mol. The molecule has 0 bridgehead atoms. The van der Waals surface area contributed by atoms with Crippen molar-refractivity contribution in [2.45, 2.75) is 25.7 Å². The number of benzene rings is 2. The molecule has 28 heavy (non-hydrogen) atoms. The molecule has 0 aliphatic rings. The summed E-state index contributed by atoms with van der Waals surface area (Å²) in [7, 11) is 0. The number of hydrogen-bond donors (Lipinski definition) is 3. The molecule has 5 nitrogen and oxygen atoms in total. The van der Waals surface area contributed by atoms with Crippen LogP contribution in [0, 0.1) is 5.82 Å². The molecule has 2 aromatic rings. The summed E-state index contributed by atoms with van der Waals surface area (Å²) in [6.07, 6.45) is 3.93. The van der Waals surface area contributed by atoms with Gasteiger partial charge in [0.15, 0.2) is 0 Å². The van der Waals surface area contributed by atoms with E-state index in [4.69, 9.17) is 16.8 Å². The third kappa shape index (κ3) is 6.79. The average Bonchev–Trinajstić information content (AvgIpc) is 2.70. The largest absolute Gasteiger partial charge is 0.352 e. The van der Waals surface area contributed by atoms with E-state index >= 15 is 0 Å². The lowest BCUT2D eigenvalue weighted by atomic mass is 10.0. The lowest BCUT2D eigenvalue weighted by Crippen LogP contribution is -2.25. The van der Waals surface area contributed by atoms with Gasteiger partial charge in [0.05, 0.1) is 5.02 Å². The molecule has 0 aliphatic heterocycles. The summed E-state index contributed by atoms with van der Waals surface area (Å²) in [6, 6.07) is 13.2. The zero-order valence-electron chi connectivity index (χ0n) is 15.3. The van der Waals surface area contributed by atoms with Crippen molar-refractivity contribution in [3.8, 4) is 0 Å². The smallest absolute Gasteiger partial charge is 0.251 e. The van der Waals surface area contributed by atoms with Gasteiger partial charge in [0.2, 0.25) is 5.91 Å². The van der Waals surface area contributed by atoms with E-state index in [2.05, 4.69) is 5.32 Å². The summed E-state index contributed by atoms with van der Waals surface area (Å²) in [5, 5.41) is 11.5. The lowest BCUT2D eigenvalue weighted by Gasteiger charge is -2.10. The van der Waals surface area contributed by atoms with E-state index in [1.54, 1.807) is 11.6 Å². The van der Waals surface area contributed by atoms with Crippen LogP contribution in [0.25, 0.3) is 11.6 Å². The predicted molar refractivity (Wildman–Crippen MR) is 107 cm³/mol. The van der Waals surface area contributed by atoms with Crippen LogP contribution in [0.4, 0.5) is 4.39 Å². The van der Waals surface area contributed by atoms with Gasteiger partial charge in [0, 0.05) is 18.5 Å². The molecule has 0 aromatic heterocycles. The molecule has 0 aliphatic carbocycles. The second-order valence-corrected chi connectivity index (χ2v) is 6.60. The SMILES string of the molecule is O=C(CCCCCNC(=O)C(=Cc1ccc(F)cc1Cl)c1ccccc1)NO. The molecule has 0 spiro atoms. The van der Waals surface area contributed by atoms with Gasteiger partial charge in [-0.1, -0.05) is 54.4 Å². The molecule has 0 saturated heterocycles. The molecule has 7 heteroatoms. The first-order valence-corrected chi connectivity index (χ1v) is 9.32. The molecule has 0 fully saturated rings. The zero-order valence-corrected chi connectivity index (χ0v) is 16.0. The Hall–Kier alpha value is -2.70. The number of carbonyl (C=O) groups excluding carboxylic acids is 2. The normalized spacial score (nSPS) is 11.2. The van der Waals surface area contributed by atoms with Gasteiger partial charge in [-0.2, -0.15) is 0 Å². The van der Waals surface area contributed by atoms with Crippen molar-refractivity contribution >= 4 is 35.1 Å². The Morgan fingerprint density at radius 3 is 2.50 bits per heavy atom. The van der Waals surface area contributed by atoms with E-state index in [9.17, 15) is 14.0 Å². The zero-order chi connectivity index (χ0) is 20.4. The fourth-order valence-electron chi connectivity index (χ4n) is 2.61. The van der Waals surface area contributed by atoms with Gasteiger partial charge in [-0.15, -0.1) is 0 Å². The highest BCUT2D eigenvalue weighted by atomic mass is 35.5. The number of hydroxylamine groups is 1. The molecular formula is C21H22ClFN2O3. The second-order valence-electron chi connectivity index (χ2n) is 6.19. The minimum atomic E-state index is -0.442. The van der Waals surface area contributed by atoms with E-state index in [1.165, 1.54) is 18.2 Å². The molecule has 2 amide bonds. The maximum atomic E-state index is 13.3. The lowest BCUT2D eigenvalue weighted by molar-refractivity contribution is -0.129. The number of nitrogens with one attached hydrogen (secondary N) is 2. The summed E-state index contributed by atoms with van der Waals surface area (Å²) in [4.78, 5) is 23.7. The quantitative estimate of drug-likeness (QED) is 0.193. The molecule has 0 radical (unpaired) electrons. The molecule has 0 saturated carbocycles. The minimum absolute atomic E-state index is 0.225. The number of unbranched alkanes of at least 4 members (excludes halogenated alkanes) is 2. The summed E-state index contributed by atoms with van der Waals surface area (Å²) in [6.45, 7) is 0.445. The van der Waals surface area contributed by atoms with Crippen LogP contribution in [0.1, 0.15) is 36.8 Å². The van der Waals surface area contributed by atoms with Crippen LogP contribution in [0.2, 0.25) is 5.02 Å². The summed E-state index contributed by atoms with van der Waals surface area (Å²) < 4.78 is 13.3. The number of hydrogen-bond acceptors (Lipinski definition) is 3. The van der Waals surface area contributed by atoms with Gasteiger partial charge in [-0.25, -0.2) is 9.87 Å². The van der Waals surface area contributed by atoms with Crippen LogP contribution >= 0.6 is 11.6 Å². The monoisotopic (exact) mass is 404 g/mol. The molecule has 3 N–H and O–H groups in total. The van der Waals surface area contributed by atoms with Crippen LogP contribution in [0.5, 0.6) is 0 Å². The van der Waals surface area contributed by atoms with Crippen molar-refractivity contribution < 1.29 is 19.2 Å². The topological polar surface area (TPSA) is 78.4 Å². The average molecular weight is 405 g/mol. The highest BCUT2D eigenvalue weighted by molar-refractivity contribution is 6.33. The Labute approximate surface area is 168 Å². The van der Waals surface area contributed by atoms with Gasteiger partial charge in [0.1, 0.15) is 5.82 Å². The first kappa shape index (κ1) is 21.6. The van der Waals surface area contributed by atoms with E-state index in [-0.39, 0.29) is 17.4 Å². The van der Waals surface area contributed by atoms with E-state index in [0.717, 1.165) is 12.0 Å². The summed E-state index contributed by atoms with van der Waals surface area (Å²) in [5.41, 5.74) is 3.28. The van der Waals surface area contributed by atoms with E-state index in [1.807, 2.05) is 30.3 Å². The fourth-order valence-corrected chi connectivity index (χ4v) is 2.83. The first-order valence-electron chi connectivity index (χ1n) is 8.94. The fraction of sp³-hybridized carbons (Fsp3) is 0.238. The number of halogens is 2. The predicted octanol–water partition coefficient (Wildman–Crippen LogP) is 4.20. The van der Waals surface area contributed by atoms with Crippen LogP contribution in [-0.4, -0.2) is 23.6 Å². The van der Waals surface area contributed by atoms with Crippen LogP contribution in [-0.2, 0) is 9.59 Å². The Balaban J connectivity index is 2.05. The van der Waals surface area contributed by atoms with E-state index < -0.39 is 11.7 Å². The van der Waals surface area contributed by atoms with Gasteiger partial charge >= 0.3 is 0 Å². The van der Waals surface area contributed by atoms with Crippen LogP contribution in [0.3, 0.4) is 0 Å². The van der Waals surface area contributed by atoms with Gasteiger partial charge in [-0.3, -0.25) is 14.8 Å². The maximum Gasteiger partial charge on any atom is 0.251 e. The van der Waals surface area contributed by atoms with Crippen molar-refractivity contribution in [1.82, 2.24) is 10.8 Å². The van der Waals surface area contributed by atoms with Crippen molar-refractivity contribution in [3.05, 3.63) is 70.5 Å². The van der Waals surface area contributed by atoms with E-state index in [0.29, 0.717) is 30.5 Å². The molecule has 2 aromatic carbocycles. The second kappa shape index (κ2) is 11.2. The van der Waals surface area contributed by atoms with Crippen LogP contribution < -0.4 is 10.8 Å². The minimum Gasteiger partial charge on any atom is -0.352 e. The Morgan fingerprint density at radius 1 is 1.07 bits per heavy atom. The highest BCUT2D eigenvalue weighted by Crippen LogP contribution is 2.24. The third-order valence-corrected chi connectivity index (χ3v) is 4.41. The Kier molecular flexibility index (Phi) is 8.65. The molecule has 2 rings (SSSR count). The van der Waals surface area contributed by atoms with Crippen molar-refractivity contribution in [1.29, 1.82) is 0 Å². The Morgan fingerprint density at radius 2 is 1.82 bits per heavy atom. The maximum absolute atomic E-state index is 13.3. The van der Waals surface area contributed by atoms with Crippen molar-refractivity contribution in [2.75, 3.05) is 6.54 Å². The number of rotatable bonds is 9. The third-order valence-electron chi connectivity index (χ3n) is 4.08. The molecule has 148 valence electrons. The van der Waals surface area contributed by atoms with Gasteiger partial charge in [-0.05, 0) is 42.2 Å². The summed E-state index contributed by atoms with van der Waals surface area (Å²) in [5.74, 6) is -1.13. The van der Waals surface area contributed by atoms with Crippen LogP contribution in [0.15, 0.2) is 48.5 Å². The van der Waals surface area contributed by atoms with Crippen molar-refractivity contribution in [2.24, 2.45) is 0 Å². The Bertz CT molecular complexity index is 841. The van der Waals surface area contributed by atoms with Gasteiger partial charge in [0.25, 0.3) is 5.91 Å². The molecule has 0 atom stereocenters. The molecule has 0 unspecified atom stereocenters. The molecule has 0 heterocycles. The van der Waals surface area contributed by atoms with Crippen molar-refractivity contribution in [3.63, 3.8) is 0 Å². The standard InChI is InChI=1S/C21H22ClFN2O3/c22-19-14-17(23)11-10-16(19)13-18(15-7-3-1-4-8-15)21(27)24-12-6-2-5-9-20(26)25-28/h1,3-4,7-8,10-11,13-14,28H,2,5-6,9,12H2,(H,24,27)(H,25,26). The van der Waals surface area contributed by atoms with Gasteiger partial charge < -0.3 is 5.32 Å². The number of amides is 2. The summed E-state index contributed by atoms with van der Waals surface area (Å²) >= 11 is 6.10. The first-order chi connectivity index (χ1) is 13.5. The number of carbonyl (C=O) groups is 2. The highest BCUT2D eigenvalue weighted by Gasteiger charge is 2.13.